The number of hydrogen-bond donors (Lipinski definition) is 1. The normalized spacial score (nSPS) is 14.5. The predicted molar refractivity (Wildman–Crippen MR) is 133 cm³/mol. The summed E-state index contributed by atoms with van der Waals surface area (Å²) in [5.74, 6) is 0.0765. The minimum Gasteiger partial charge on any atom is -0.497 e. The molecule has 0 aliphatic carbocycles. The van der Waals surface area contributed by atoms with Crippen LogP contribution in [-0.2, 0) is 19.1 Å². The van der Waals surface area contributed by atoms with E-state index in [-0.39, 0.29) is 42.2 Å². The zero-order chi connectivity index (χ0) is 25.5. The van der Waals surface area contributed by atoms with Crippen LogP contribution in [0, 0.1) is 0 Å². The van der Waals surface area contributed by atoms with Crippen LogP contribution in [-0.4, -0.2) is 44.1 Å². The van der Waals surface area contributed by atoms with Crippen molar-refractivity contribution in [2.45, 2.75) is 33.7 Å². The third-order valence-electron chi connectivity index (χ3n) is 5.22. The van der Waals surface area contributed by atoms with Gasteiger partial charge in [-0.1, -0.05) is 12.1 Å². The van der Waals surface area contributed by atoms with E-state index in [1.807, 2.05) is 13.8 Å². The van der Waals surface area contributed by atoms with Crippen LogP contribution in [0.3, 0.4) is 0 Å². The van der Waals surface area contributed by atoms with E-state index in [2.05, 4.69) is 5.32 Å². The second kappa shape index (κ2) is 11.4. The number of amides is 2. The van der Waals surface area contributed by atoms with Crippen LogP contribution in [0.5, 0.6) is 11.5 Å². The Bertz CT molecular complexity index is 1150. The molecule has 0 saturated carbocycles. The van der Waals surface area contributed by atoms with Crippen molar-refractivity contribution in [1.29, 1.82) is 0 Å². The highest BCUT2D eigenvalue weighted by Gasteiger charge is 2.38. The van der Waals surface area contributed by atoms with Crippen LogP contribution >= 0.6 is 0 Å². The van der Waals surface area contributed by atoms with Crippen molar-refractivity contribution < 1.29 is 28.6 Å². The number of carbonyl (C=O) groups is 3. The maximum atomic E-state index is 13.4. The first-order chi connectivity index (χ1) is 16.7. The van der Waals surface area contributed by atoms with Gasteiger partial charge in [-0.3, -0.25) is 14.5 Å². The first-order valence-electron chi connectivity index (χ1n) is 11.4. The van der Waals surface area contributed by atoms with E-state index in [9.17, 15) is 14.4 Å². The molecule has 8 heteroatoms. The largest absolute Gasteiger partial charge is 0.497 e. The van der Waals surface area contributed by atoms with Crippen molar-refractivity contribution in [2.24, 2.45) is 0 Å². The van der Waals surface area contributed by atoms with E-state index in [0.717, 1.165) is 0 Å². The summed E-state index contributed by atoms with van der Waals surface area (Å²) in [6, 6.07) is 14.0. The standard InChI is InChI=1S/C27H30N2O6/c1-6-34-27(32)25-18(4)29(20-9-13-21(33-5)14-10-20)26(31)23(25)15-19-7-11-22(12-8-19)35-16-24(30)28-17(2)3/h7-15,17H,6,16H2,1-5H3,(H,28,30). The molecule has 0 saturated heterocycles. The highest BCUT2D eigenvalue weighted by atomic mass is 16.5. The molecule has 2 aromatic carbocycles. The van der Waals surface area contributed by atoms with E-state index >= 15 is 0 Å². The summed E-state index contributed by atoms with van der Waals surface area (Å²) in [4.78, 5) is 39.5. The number of nitrogens with zero attached hydrogens (tertiary/aromatic N) is 1. The lowest BCUT2D eigenvalue weighted by atomic mass is 10.0. The Kier molecular flexibility index (Phi) is 8.30. The molecule has 0 bridgehead atoms. The van der Waals surface area contributed by atoms with Gasteiger partial charge in [0.1, 0.15) is 11.5 Å². The number of carbonyl (C=O) groups excluding carboxylic acids is 3. The fraction of sp³-hybridized carbons (Fsp3) is 0.296. The first-order valence-corrected chi connectivity index (χ1v) is 11.4. The van der Waals surface area contributed by atoms with Crippen molar-refractivity contribution in [2.75, 3.05) is 25.2 Å². The number of anilines is 1. The smallest absolute Gasteiger partial charge is 0.340 e. The van der Waals surface area contributed by atoms with E-state index in [4.69, 9.17) is 14.2 Å². The highest BCUT2D eigenvalue weighted by molar-refractivity contribution is 6.23. The van der Waals surface area contributed by atoms with Crippen LogP contribution in [0.2, 0.25) is 0 Å². The Balaban J connectivity index is 1.88. The Morgan fingerprint density at radius 3 is 2.23 bits per heavy atom. The molecule has 1 aliphatic rings. The van der Waals surface area contributed by atoms with Crippen molar-refractivity contribution in [3.05, 3.63) is 70.9 Å². The fourth-order valence-electron chi connectivity index (χ4n) is 3.66. The van der Waals surface area contributed by atoms with Crippen LogP contribution in [0.15, 0.2) is 65.4 Å². The van der Waals surface area contributed by atoms with Gasteiger partial charge in [-0.2, -0.15) is 0 Å². The maximum Gasteiger partial charge on any atom is 0.340 e. The Hall–Kier alpha value is -4.07. The number of rotatable bonds is 9. The molecule has 8 nitrogen and oxygen atoms in total. The number of allylic oxidation sites excluding steroid dienone is 1. The van der Waals surface area contributed by atoms with Gasteiger partial charge in [0.2, 0.25) is 0 Å². The van der Waals surface area contributed by atoms with Crippen LogP contribution in [0.4, 0.5) is 5.69 Å². The minimum absolute atomic E-state index is 0.0339. The monoisotopic (exact) mass is 478 g/mol. The van der Waals surface area contributed by atoms with Gasteiger partial charge in [0, 0.05) is 17.4 Å². The third kappa shape index (κ3) is 6.09. The Morgan fingerprint density at radius 2 is 1.66 bits per heavy atom. The second-order valence-corrected chi connectivity index (χ2v) is 8.16. The average molecular weight is 479 g/mol. The fourth-order valence-corrected chi connectivity index (χ4v) is 3.66. The number of benzene rings is 2. The Labute approximate surface area is 205 Å². The predicted octanol–water partition coefficient (Wildman–Crippen LogP) is 3.87. The number of methoxy groups -OCH3 is 1. The quantitative estimate of drug-likeness (QED) is 0.434. The van der Waals surface area contributed by atoms with Gasteiger partial charge in [0.25, 0.3) is 11.8 Å². The van der Waals surface area contributed by atoms with E-state index < -0.39 is 5.97 Å². The van der Waals surface area contributed by atoms with Gasteiger partial charge in [0.15, 0.2) is 6.61 Å². The Morgan fingerprint density at radius 1 is 1.03 bits per heavy atom. The van der Waals surface area contributed by atoms with Gasteiger partial charge in [-0.15, -0.1) is 0 Å². The number of hydrogen-bond acceptors (Lipinski definition) is 6. The molecule has 0 radical (unpaired) electrons. The average Bonchev–Trinajstić information content (AvgIpc) is 3.07. The minimum atomic E-state index is -0.559. The number of nitrogens with one attached hydrogen (secondary N) is 1. The molecule has 2 aromatic rings. The molecule has 1 heterocycles. The lowest BCUT2D eigenvalue weighted by Gasteiger charge is -2.18. The molecule has 1 aliphatic heterocycles. The maximum absolute atomic E-state index is 13.4. The lowest BCUT2D eigenvalue weighted by Crippen LogP contribution is -2.34. The van der Waals surface area contributed by atoms with Crippen molar-refractivity contribution in [3.8, 4) is 11.5 Å². The molecule has 0 aromatic heterocycles. The molecule has 2 amide bonds. The first kappa shape index (κ1) is 25.6. The third-order valence-corrected chi connectivity index (χ3v) is 5.22. The summed E-state index contributed by atoms with van der Waals surface area (Å²) in [7, 11) is 1.57. The van der Waals surface area contributed by atoms with Crippen LogP contribution in [0.1, 0.15) is 33.3 Å². The summed E-state index contributed by atoms with van der Waals surface area (Å²) >= 11 is 0. The molecule has 0 fully saturated rings. The summed E-state index contributed by atoms with van der Waals surface area (Å²) < 4.78 is 16.0. The van der Waals surface area contributed by atoms with Gasteiger partial charge in [-0.05, 0) is 75.7 Å². The van der Waals surface area contributed by atoms with Gasteiger partial charge in [0.05, 0.1) is 24.9 Å². The summed E-state index contributed by atoms with van der Waals surface area (Å²) in [6.07, 6.45) is 1.65. The zero-order valence-electron chi connectivity index (χ0n) is 20.6. The molecule has 0 spiro atoms. The molecular formula is C27H30N2O6. The van der Waals surface area contributed by atoms with E-state index in [0.29, 0.717) is 28.4 Å². The highest BCUT2D eigenvalue weighted by Crippen LogP contribution is 2.36. The van der Waals surface area contributed by atoms with Crippen molar-refractivity contribution in [3.63, 3.8) is 0 Å². The molecule has 3 rings (SSSR count). The summed E-state index contributed by atoms with van der Waals surface area (Å²) in [5.41, 5.74) is 2.25. The van der Waals surface area contributed by atoms with Gasteiger partial charge < -0.3 is 19.5 Å². The SMILES string of the molecule is CCOC(=O)C1=C(C)N(c2ccc(OC)cc2)C(=O)C1=Cc1ccc(OCC(=O)NC(C)C)cc1. The second-order valence-electron chi connectivity index (χ2n) is 8.16. The molecular weight excluding hydrogens is 448 g/mol. The topological polar surface area (TPSA) is 94.2 Å². The molecule has 35 heavy (non-hydrogen) atoms. The molecule has 1 N–H and O–H groups in total. The van der Waals surface area contributed by atoms with Crippen molar-refractivity contribution >= 4 is 29.5 Å². The van der Waals surface area contributed by atoms with Crippen LogP contribution in [0.25, 0.3) is 6.08 Å². The van der Waals surface area contributed by atoms with E-state index in [1.54, 1.807) is 75.6 Å². The molecule has 0 unspecified atom stereocenters. The summed E-state index contributed by atoms with van der Waals surface area (Å²) in [5, 5.41) is 2.76. The van der Waals surface area contributed by atoms with Crippen molar-refractivity contribution in [1.82, 2.24) is 5.32 Å². The number of ether oxygens (including phenoxy) is 3. The van der Waals surface area contributed by atoms with Gasteiger partial charge in [-0.25, -0.2) is 4.79 Å². The van der Waals surface area contributed by atoms with Crippen LogP contribution < -0.4 is 19.7 Å². The summed E-state index contributed by atoms with van der Waals surface area (Å²) in [6.45, 7) is 7.28. The lowest BCUT2D eigenvalue weighted by molar-refractivity contribution is -0.138. The number of esters is 1. The van der Waals surface area contributed by atoms with Gasteiger partial charge >= 0.3 is 5.97 Å². The molecule has 0 atom stereocenters. The van der Waals surface area contributed by atoms with E-state index in [1.165, 1.54) is 4.90 Å². The zero-order valence-corrected chi connectivity index (χ0v) is 20.6. The molecule has 184 valence electrons.